The van der Waals surface area contributed by atoms with Gasteiger partial charge in [0.2, 0.25) is 0 Å². The van der Waals surface area contributed by atoms with Crippen molar-refractivity contribution in [2.75, 3.05) is 6.61 Å². The Balaban J connectivity index is -0.0000000615. The number of rotatable bonds is 2. The summed E-state index contributed by atoms with van der Waals surface area (Å²) in [6.07, 6.45) is 20.9. The number of ether oxygens (including phenoxy) is 1. The standard InChI is InChI=1S/C5H7O2.2C5H5.2CO.2Ru/c1-3-5(6)7-4-2;2*1-2-4-5-3-1;2*1-2;;/h1,3H,4H2,2H3;2*1-5H;;;;/q-1;;;;;+1;+2. The predicted molar refractivity (Wildman–Crippen MR) is 76.4 cm³/mol. The molecule has 0 amide bonds. The van der Waals surface area contributed by atoms with E-state index in [4.69, 9.17) is 15.9 Å². The van der Waals surface area contributed by atoms with Gasteiger partial charge in [-0.05, 0) is 71.1 Å². The van der Waals surface area contributed by atoms with E-state index in [9.17, 15) is 4.79 Å². The van der Waals surface area contributed by atoms with Gasteiger partial charge >= 0.3 is 61.6 Å². The molecule has 23 heavy (non-hydrogen) atoms. The molecule has 2 aliphatic rings. The number of hydrogen-bond donors (Lipinski definition) is 0. The minimum atomic E-state index is -0.470. The molecule has 2 saturated carbocycles. The minimum Gasteiger partial charge on any atom is -0.548 e. The fraction of sp³-hybridized carbons (Fsp3) is 0.118. The molecule has 4 nitrogen and oxygen atoms in total. The summed E-state index contributed by atoms with van der Waals surface area (Å²) >= 11 is 0. The minimum absolute atomic E-state index is 0. The van der Waals surface area contributed by atoms with Crippen molar-refractivity contribution < 1.29 is 57.8 Å². The largest absolute Gasteiger partial charge is 2.00 e. The summed E-state index contributed by atoms with van der Waals surface area (Å²) in [6.45, 7) is 15.9. The average molecular weight is 487 g/mol. The van der Waals surface area contributed by atoms with Crippen LogP contribution in [0.5, 0.6) is 0 Å². The molecule has 2 aliphatic carbocycles. The normalized spacial score (nSPS) is 12.9. The first-order valence-electron chi connectivity index (χ1n) is 5.77. The fourth-order valence-corrected chi connectivity index (χ4v) is 0.832. The number of hydrogen-bond acceptors (Lipinski definition) is 2. The van der Waals surface area contributed by atoms with E-state index in [0.29, 0.717) is 6.61 Å². The van der Waals surface area contributed by atoms with Crippen molar-refractivity contribution in [2.45, 2.75) is 6.92 Å². The van der Waals surface area contributed by atoms with Crippen molar-refractivity contribution in [3.05, 3.63) is 90.2 Å². The van der Waals surface area contributed by atoms with E-state index in [1.807, 2.05) is 64.2 Å². The van der Waals surface area contributed by atoms with Crippen LogP contribution < -0.4 is 0 Å². The van der Waals surface area contributed by atoms with E-state index < -0.39 is 5.97 Å². The molecule has 0 saturated heterocycles. The smallest absolute Gasteiger partial charge is 0.548 e. The summed E-state index contributed by atoms with van der Waals surface area (Å²) in [7, 11) is 0. The van der Waals surface area contributed by atoms with E-state index in [0.717, 1.165) is 6.08 Å². The second-order valence-corrected chi connectivity index (χ2v) is 2.84. The van der Waals surface area contributed by atoms with Crippen LogP contribution in [0, 0.1) is 84.1 Å². The van der Waals surface area contributed by atoms with E-state index in [1.54, 1.807) is 6.92 Å². The molecule has 2 rings (SSSR count). The molecule has 0 aromatic rings. The second-order valence-electron chi connectivity index (χ2n) is 2.84. The third kappa shape index (κ3) is 39.1. The maximum atomic E-state index is 10.0. The SMILES string of the molecule is [C-]#[O+].[C-]#[O+].[CH-]=CC(=O)OCC.[CH]1[CH][CH][CH][CH]1.[CH]1[CH][CH][CH][CH]1.[Ru+2].[Ru+]. The van der Waals surface area contributed by atoms with Crippen molar-refractivity contribution >= 4 is 5.97 Å². The number of carbonyl (C=O) groups is 1. The van der Waals surface area contributed by atoms with Crippen LogP contribution in [0.3, 0.4) is 0 Å². The monoisotopic (exact) mass is 489 g/mol. The van der Waals surface area contributed by atoms with Gasteiger partial charge in [-0.2, -0.15) is 6.08 Å². The first-order chi connectivity index (χ1) is 10.3. The summed E-state index contributed by atoms with van der Waals surface area (Å²) < 4.78 is 19.4. The molecule has 0 aromatic carbocycles. The Hall–Kier alpha value is -0.0632. The third-order valence-corrected chi connectivity index (χ3v) is 1.53. The van der Waals surface area contributed by atoms with Gasteiger partial charge in [0.25, 0.3) is 0 Å². The molecule has 0 spiro atoms. The van der Waals surface area contributed by atoms with Gasteiger partial charge in [-0.1, -0.05) is 0 Å². The van der Waals surface area contributed by atoms with Crippen LogP contribution in [0.1, 0.15) is 6.92 Å². The van der Waals surface area contributed by atoms with Crippen LogP contribution in [-0.4, -0.2) is 12.6 Å². The van der Waals surface area contributed by atoms with Gasteiger partial charge in [0.15, 0.2) is 5.97 Å². The molecule has 2 fully saturated rings. The fourth-order valence-electron chi connectivity index (χ4n) is 0.832. The first-order valence-corrected chi connectivity index (χ1v) is 5.77. The van der Waals surface area contributed by atoms with Crippen LogP contribution in [0.2, 0.25) is 0 Å². The van der Waals surface area contributed by atoms with E-state index in [1.165, 1.54) is 0 Å². The van der Waals surface area contributed by atoms with Gasteiger partial charge in [-0.25, -0.2) is 0 Å². The Morgan fingerprint density at radius 2 is 1.13 bits per heavy atom. The molecule has 123 valence electrons. The molecule has 0 aliphatic heterocycles. The molecule has 0 atom stereocenters. The molecule has 0 aromatic heterocycles. The van der Waals surface area contributed by atoms with E-state index >= 15 is 0 Å². The van der Waals surface area contributed by atoms with Gasteiger partial charge in [-0.15, -0.1) is 0 Å². The van der Waals surface area contributed by atoms with Crippen molar-refractivity contribution in [1.82, 2.24) is 0 Å². The molecular formula is C17H17O4Ru2+2. The molecule has 0 bridgehead atoms. The van der Waals surface area contributed by atoms with Gasteiger partial charge in [0.1, 0.15) is 0 Å². The van der Waals surface area contributed by atoms with Crippen LogP contribution in [-0.2, 0) is 57.8 Å². The zero-order valence-corrected chi connectivity index (χ0v) is 16.0. The number of esters is 1. The predicted octanol–water partition coefficient (Wildman–Crippen LogP) is 2.50. The van der Waals surface area contributed by atoms with Crippen LogP contribution >= 0.6 is 0 Å². The topological polar surface area (TPSA) is 66.1 Å². The molecule has 6 heteroatoms. The zero-order valence-electron chi connectivity index (χ0n) is 12.5. The maximum Gasteiger partial charge on any atom is 2.00 e. The Morgan fingerprint density at radius 3 is 1.22 bits per heavy atom. The summed E-state index contributed by atoms with van der Waals surface area (Å²) in [4.78, 5) is 10.0. The Bertz CT molecular complexity index is 227. The second kappa shape index (κ2) is 37.9. The zero-order chi connectivity index (χ0) is 16.8. The molecule has 0 unspecified atom stereocenters. The molecule has 0 N–H and O–H groups in total. The molecule has 0 heterocycles. The molecule has 11 radical (unpaired) electrons. The van der Waals surface area contributed by atoms with Crippen LogP contribution in [0.15, 0.2) is 6.08 Å². The van der Waals surface area contributed by atoms with Crippen molar-refractivity contribution in [3.63, 3.8) is 0 Å². The van der Waals surface area contributed by atoms with Gasteiger partial charge < -0.3 is 9.53 Å². The van der Waals surface area contributed by atoms with Crippen LogP contribution in [0.4, 0.5) is 0 Å². The van der Waals surface area contributed by atoms with Gasteiger partial charge in [0, 0.05) is 0 Å². The molecular weight excluding hydrogens is 470 g/mol. The summed E-state index contributed by atoms with van der Waals surface area (Å²) in [5.74, 6) is -0.470. The summed E-state index contributed by atoms with van der Waals surface area (Å²) in [6, 6.07) is 0. The Kier molecular flexibility index (Phi) is 56.5. The Morgan fingerprint density at radius 1 is 0.913 bits per heavy atom. The average Bonchev–Trinajstić information content (AvgIpc) is 3.29. The number of carbonyl (C=O) groups excluding carboxylic acids is 1. The maximum absolute atomic E-state index is 10.0. The quantitative estimate of drug-likeness (QED) is 0.198. The first kappa shape index (κ1) is 34.3. The van der Waals surface area contributed by atoms with Gasteiger partial charge in [0.05, 0.1) is 6.61 Å². The van der Waals surface area contributed by atoms with E-state index in [2.05, 4.69) is 18.0 Å². The van der Waals surface area contributed by atoms with Crippen molar-refractivity contribution in [3.8, 4) is 0 Å². The summed E-state index contributed by atoms with van der Waals surface area (Å²) in [5.41, 5.74) is 0. The van der Waals surface area contributed by atoms with Crippen molar-refractivity contribution in [2.24, 2.45) is 0 Å². The van der Waals surface area contributed by atoms with Crippen molar-refractivity contribution in [1.29, 1.82) is 0 Å². The van der Waals surface area contributed by atoms with Crippen LogP contribution in [0.25, 0.3) is 0 Å². The Labute approximate surface area is 167 Å². The van der Waals surface area contributed by atoms with Gasteiger partial charge in [-0.3, -0.25) is 6.58 Å². The summed E-state index contributed by atoms with van der Waals surface area (Å²) in [5, 5.41) is 0. The van der Waals surface area contributed by atoms with E-state index in [-0.39, 0.29) is 39.0 Å². The third-order valence-electron chi connectivity index (χ3n) is 1.53.